The first-order valence-corrected chi connectivity index (χ1v) is 4.32. The molecule has 0 bridgehead atoms. The van der Waals surface area contributed by atoms with E-state index in [0.29, 0.717) is 18.9 Å². The molecule has 0 aromatic heterocycles. The van der Waals surface area contributed by atoms with Crippen LogP contribution in [0.1, 0.15) is 6.92 Å². The van der Waals surface area contributed by atoms with Crippen molar-refractivity contribution in [2.45, 2.75) is 6.92 Å². The summed E-state index contributed by atoms with van der Waals surface area (Å²) >= 11 is 0. The Kier molecular flexibility index (Phi) is 3.90. The molecule has 0 unspecified atom stereocenters. The van der Waals surface area contributed by atoms with Gasteiger partial charge >= 0.3 is 5.97 Å². The molecule has 0 radical (unpaired) electrons. The standard InChI is InChI=1S/C8H13N3O3/c1-3-13-8(12)6-14-10-7-4-9-11(2)5-7/h4H,3,5-6H2,1-2H3. The van der Waals surface area contributed by atoms with Crippen LogP contribution in [0.3, 0.4) is 0 Å². The number of carbonyl (C=O) groups is 1. The lowest BCUT2D eigenvalue weighted by Crippen LogP contribution is -2.15. The molecule has 1 rings (SSSR count). The van der Waals surface area contributed by atoms with Crippen molar-refractivity contribution in [2.24, 2.45) is 10.3 Å². The van der Waals surface area contributed by atoms with E-state index in [4.69, 9.17) is 4.84 Å². The van der Waals surface area contributed by atoms with Gasteiger partial charge in [0.15, 0.2) is 0 Å². The predicted molar refractivity (Wildman–Crippen MR) is 51.1 cm³/mol. The van der Waals surface area contributed by atoms with Gasteiger partial charge in [0.1, 0.15) is 5.71 Å². The van der Waals surface area contributed by atoms with Gasteiger partial charge in [-0.05, 0) is 6.92 Å². The summed E-state index contributed by atoms with van der Waals surface area (Å²) in [6, 6.07) is 0. The zero-order valence-corrected chi connectivity index (χ0v) is 8.27. The maximum atomic E-state index is 10.8. The van der Waals surface area contributed by atoms with Crippen molar-refractivity contribution in [3.63, 3.8) is 0 Å². The summed E-state index contributed by atoms with van der Waals surface area (Å²) < 4.78 is 4.65. The molecule has 0 aromatic rings. The molecule has 0 fully saturated rings. The number of oxime groups is 1. The van der Waals surface area contributed by atoms with Gasteiger partial charge in [-0.2, -0.15) is 5.10 Å². The van der Waals surface area contributed by atoms with Crippen molar-refractivity contribution < 1.29 is 14.4 Å². The van der Waals surface area contributed by atoms with Crippen LogP contribution in [-0.4, -0.2) is 49.7 Å². The highest BCUT2D eigenvalue weighted by Crippen LogP contribution is 1.94. The minimum Gasteiger partial charge on any atom is -0.463 e. The van der Waals surface area contributed by atoms with Crippen LogP contribution in [0.25, 0.3) is 0 Å². The van der Waals surface area contributed by atoms with Gasteiger partial charge in [-0.3, -0.25) is 5.01 Å². The molecule has 6 nitrogen and oxygen atoms in total. The summed E-state index contributed by atoms with van der Waals surface area (Å²) in [5.74, 6) is -0.417. The van der Waals surface area contributed by atoms with E-state index >= 15 is 0 Å². The number of hydrogen-bond acceptors (Lipinski definition) is 6. The largest absolute Gasteiger partial charge is 0.463 e. The molecule has 0 saturated carbocycles. The fourth-order valence-corrected chi connectivity index (χ4v) is 0.904. The molecule has 0 saturated heterocycles. The van der Waals surface area contributed by atoms with Crippen LogP contribution in [0.4, 0.5) is 0 Å². The summed E-state index contributed by atoms with van der Waals surface area (Å²) in [4.78, 5) is 15.6. The van der Waals surface area contributed by atoms with Crippen molar-refractivity contribution in [1.29, 1.82) is 0 Å². The van der Waals surface area contributed by atoms with Gasteiger partial charge in [0, 0.05) is 7.05 Å². The lowest BCUT2D eigenvalue weighted by Gasteiger charge is -2.02. The van der Waals surface area contributed by atoms with Crippen LogP contribution in [0.5, 0.6) is 0 Å². The van der Waals surface area contributed by atoms with Gasteiger partial charge < -0.3 is 9.57 Å². The van der Waals surface area contributed by atoms with E-state index in [1.807, 2.05) is 7.05 Å². The first-order chi connectivity index (χ1) is 6.72. The van der Waals surface area contributed by atoms with Gasteiger partial charge in [-0.1, -0.05) is 5.16 Å². The summed E-state index contributed by atoms with van der Waals surface area (Å²) in [7, 11) is 1.82. The first kappa shape index (κ1) is 10.5. The molecule has 1 aliphatic rings. The minimum atomic E-state index is -0.417. The van der Waals surface area contributed by atoms with Crippen LogP contribution in [0.2, 0.25) is 0 Å². The van der Waals surface area contributed by atoms with E-state index in [1.165, 1.54) is 0 Å². The number of nitrogens with zero attached hydrogens (tertiary/aromatic N) is 3. The third kappa shape index (κ3) is 3.42. The summed E-state index contributed by atoms with van der Waals surface area (Å²) in [6.45, 7) is 2.53. The van der Waals surface area contributed by atoms with E-state index in [0.717, 1.165) is 0 Å². The topological polar surface area (TPSA) is 63.5 Å². The number of hydrazone groups is 1. The molecule has 0 N–H and O–H groups in total. The quantitative estimate of drug-likeness (QED) is 0.466. The maximum Gasteiger partial charge on any atom is 0.347 e. The number of carbonyl (C=O) groups excluding carboxylic acids is 1. The number of rotatable bonds is 4. The van der Waals surface area contributed by atoms with Crippen molar-refractivity contribution in [3.8, 4) is 0 Å². The summed E-state index contributed by atoms with van der Waals surface area (Å²) in [5, 5.41) is 9.37. The Balaban J connectivity index is 2.21. The highest BCUT2D eigenvalue weighted by molar-refractivity contribution is 6.32. The highest BCUT2D eigenvalue weighted by Gasteiger charge is 2.08. The van der Waals surface area contributed by atoms with Crippen molar-refractivity contribution in [2.75, 3.05) is 26.8 Å². The van der Waals surface area contributed by atoms with Gasteiger partial charge in [0.05, 0.1) is 19.4 Å². The normalized spacial score (nSPS) is 17.6. The van der Waals surface area contributed by atoms with Crippen molar-refractivity contribution >= 4 is 17.9 Å². The Hall–Kier alpha value is -1.59. The Labute approximate surface area is 82.2 Å². The Morgan fingerprint density at radius 1 is 1.79 bits per heavy atom. The second-order valence-electron chi connectivity index (χ2n) is 2.72. The second kappa shape index (κ2) is 5.21. The van der Waals surface area contributed by atoms with Crippen LogP contribution < -0.4 is 0 Å². The Bertz CT molecular complexity index is 263. The number of ether oxygens (including phenoxy) is 1. The molecule has 78 valence electrons. The molecule has 0 amide bonds. The zero-order chi connectivity index (χ0) is 10.4. The number of hydrogen-bond donors (Lipinski definition) is 0. The lowest BCUT2D eigenvalue weighted by molar-refractivity contribution is -0.148. The molecule has 0 aromatic carbocycles. The summed E-state index contributed by atoms with van der Waals surface area (Å²) in [6.07, 6.45) is 1.59. The fraction of sp³-hybridized carbons (Fsp3) is 0.625. The van der Waals surface area contributed by atoms with E-state index in [2.05, 4.69) is 15.0 Å². The highest BCUT2D eigenvalue weighted by atomic mass is 16.7. The molecule has 0 spiro atoms. The van der Waals surface area contributed by atoms with E-state index in [-0.39, 0.29) is 6.61 Å². The zero-order valence-electron chi connectivity index (χ0n) is 8.27. The molecule has 6 heteroatoms. The fourth-order valence-electron chi connectivity index (χ4n) is 0.904. The van der Waals surface area contributed by atoms with Gasteiger partial charge in [-0.15, -0.1) is 0 Å². The third-order valence-corrected chi connectivity index (χ3v) is 1.46. The molecular formula is C8H13N3O3. The van der Waals surface area contributed by atoms with Crippen molar-refractivity contribution in [1.82, 2.24) is 5.01 Å². The lowest BCUT2D eigenvalue weighted by atomic mass is 10.4. The average molecular weight is 199 g/mol. The molecule has 1 aliphatic heterocycles. The molecule has 14 heavy (non-hydrogen) atoms. The van der Waals surface area contributed by atoms with E-state index in [9.17, 15) is 4.79 Å². The third-order valence-electron chi connectivity index (χ3n) is 1.46. The number of esters is 1. The van der Waals surface area contributed by atoms with Crippen molar-refractivity contribution in [3.05, 3.63) is 0 Å². The van der Waals surface area contributed by atoms with Crippen LogP contribution >= 0.6 is 0 Å². The Morgan fingerprint density at radius 3 is 3.14 bits per heavy atom. The van der Waals surface area contributed by atoms with Crippen LogP contribution in [-0.2, 0) is 14.4 Å². The van der Waals surface area contributed by atoms with Crippen LogP contribution in [0.15, 0.2) is 10.3 Å². The smallest absolute Gasteiger partial charge is 0.347 e. The Morgan fingerprint density at radius 2 is 2.57 bits per heavy atom. The monoisotopic (exact) mass is 199 g/mol. The predicted octanol–water partition coefficient (Wildman–Crippen LogP) is -0.147. The van der Waals surface area contributed by atoms with E-state index in [1.54, 1.807) is 18.1 Å². The first-order valence-electron chi connectivity index (χ1n) is 4.32. The van der Waals surface area contributed by atoms with Gasteiger partial charge in [-0.25, -0.2) is 4.79 Å². The van der Waals surface area contributed by atoms with Crippen LogP contribution in [0, 0.1) is 0 Å². The second-order valence-corrected chi connectivity index (χ2v) is 2.72. The van der Waals surface area contributed by atoms with Gasteiger partial charge in [0.25, 0.3) is 0 Å². The molecule has 0 atom stereocenters. The maximum absolute atomic E-state index is 10.8. The minimum absolute atomic E-state index is 0.158. The molecule has 1 heterocycles. The van der Waals surface area contributed by atoms with Gasteiger partial charge in [0.2, 0.25) is 6.61 Å². The summed E-state index contributed by atoms with van der Waals surface area (Å²) in [5.41, 5.74) is 0.691. The SMILES string of the molecule is CCOC(=O)CON=C1C=NN(C)C1. The van der Waals surface area contributed by atoms with E-state index < -0.39 is 5.97 Å². The molecular weight excluding hydrogens is 186 g/mol. The molecule has 0 aliphatic carbocycles. The average Bonchev–Trinajstić information content (AvgIpc) is 2.52.